The van der Waals surface area contributed by atoms with Gasteiger partial charge < -0.3 is 15.0 Å². The maximum atomic E-state index is 13.4. The maximum Gasteiger partial charge on any atom is 0.254 e. The number of halogens is 1. The zero-order chi connectivity index (χ0) is 23.2. The Hall–Kier alpha value is -3.74. The molecule has 6 nitrogen and oxygen atoms in total. The number of carbonyl (C=O) groups is 2. The van der Waals surface area contributed by atoms with Crippen LogP contribution < -0.4 is 10.1 Å². The molecule has 2 amide bonds. The molecule has 0 aliphatic carbocycles. The first-order chi connectivity index (χ1) is 16.0. The minimum Gasteiger partial charge on any atom is -0.489 e. The van der Waals surface area contributed by atoms with Crippen molar-refractivity contribution in [2.24, 2.45) is 0 Å². The normalized spacial score (nSPS) is 15.3. The van der Waals surface area contributed by atoms with Crippen LogP contribution in [0.4, 0.5) is 4.39 Å². The summed E-state index contributed by atoms with van der Waals surface area (Å²) in [6, 6.07) is 17.1. The fourth-order valence-corrected chi connectivity index (χ4v) is 3.96. The highest BCUT2D eigenvalue weighted by Crippen LogP contribution is 2.32. The van der Waals surface area contributed by atoms with Gasteiger partial charge in [0.15, 0.2) is 0 Å². The van der Waals surface area contributed by atoms with E-state index in [9.17, 15) is 14.0 Å². The average molecular weight is 448 g/mol. The summed E-state index contributed by atoms with van der Waals surface area (Å²) in [6.45, 7) is 2.79. The predicted molar refractivity (Wildman–Crippen MR) is 122 cm³/mol. The lowest BCUT2D eigenvalue weighted by atomic mass is 10.1. The number of aromatic nitrogens is 1. The number of ether oxygens (including phenoxy) is 1. The summed E-state index contributed by atoms with van der Waals surface area (Å²) in [7, 11) is 0. The SMILES string of the molecule is CC(=O)NCc1ccc(C2CCCN2C(=O)c2cccc(OCc3cccc(F)c3)c2)nc1. The predicted octanol–water partition coefficient (Wildman–Crippen LogP) is 4.41. The molecular formula is C26H26FN3O3. The van der Waals surface area contributed by atoms with Crippen molar-refractivity contribution in [2.45, 2.75) is 39.0 Å². The fraction of sp³-hybridized carbons (Fsp3) is 0.269. The number of hydrogen-bond donors (Lipinski definition) is 1. The first-order valence-electron chi connectivity index (χ1n) is 11.0. The highest BCUT2D eigenvalue weighted by Gasteiger charge is 2.31. The van der Waals surface area contributed by atoms with E-state index >= 15 is 0 Å². The summed E-state index contributed by atoms with van der Waals surface area (Å²) in [4.78, 5) is 30.8. The number of rotatable bonds is 7. The second-order valence-electron chi connectivity index (χ2n) is 8.10. The number of nitrogens with one attached hydrogen (secondary N) is 1. The summed E-state index contributed by atoms with van der Waals surface area (Å²) in [5, 5.41) is 2.75. The molecule has 1 aliphatic heterocycles. The molecule has 0 bridgehead atoms. The lowest BCUT2D eigenvalue weighted by Gasteiger charge is -2.25. The van der Waals surface area contributed by atoms with Gasteiger partial charge in [-0.25, -0.2) is 4.39 Å². The van der Waals surface area contributed by atoms with Crippen molar-refractivity contribution in [1.82, 2.24) is 15.2 Å². The highest BCUT2D eigenvalue weighted by atomic mass is 19.1. The number of hydrogen-bond acceptors (Lipinski definition) is 4. The Balaban J connectivity index is 1.43. The molecule has 33 heavy (non-hydrogen) atoms. The van der Waals surface area contributed by atoms with Crippen molar-refractivity contribution >= 4 is 11.8 Å². The molecule has 7 heteroatoms. The molecule has 1 N–H and O–H groups in total. The fourth-order valence-electron chi connectivity index (χ4n) is 3.96. The molecule has 1 aliphatic rings. The molecule has 170 valence electrons. The van der Waals surface area contributed by atoms with Gasteiger partial charge in [-0.05, 0) is 60.4 Å². The molecule has 2 heterocycles. The van der Waals surface area contributed by atoms with Crippen molar-refractivity contribution in [1.29, 1.82) is 0 Å². The van der Waals surface area contributed by atoms with Crippen LogP contribution in [-0.2, 0) is 17.9 Å². The molecule has 1 fully saturated rings. The van der Waals surface area contributed by atoms with E-state index in [0.717, 1.165) is 29.7 Å². The van der Waals surface area contributed by atoms with Gasteiger partial charge in [0.05, 0.1) is 11.7 Å². The Bertz CT molecular complexity index is 1130. The summed E-state index contributed by atoms with van der Waals surface area (Å²) in [6.07, 6.45) is 3.49. The first-order valence-corrected chi connectivity index (χ1v) is 11.0. The van der Waals surface area contributed by atoms with Gasteiger partial charge in [0.2, 0.25) is 5.91 Å². The lowest BCUT2D eigenvalue weighted by molar-refractivity contribution is -0.119. The molecular weight excluding hydrogens is 421 g/mol. The summed E-state index contributed by atoms with van der Waals surface area (Å²) >= 11 is 0. The van der Waals surface area contributed by atoms with Crippen LogP contribution in [0.5, 0.6) is 5.75 Å². The van der Waals surface area contributed by atoms with Crippen LogP contribution in [-0.4, -0.2) is 28.2 Å². The van der Waals surface area contributed by atoms with Crippen LogP contribution >= 0.6 is 0 Å². The second kappa shape index (κ2) is 10.3. The van der Waals surface area contributed by atoms with Crippen molar-refractivity contribution in [2.75, 3.05) is 6.54 Å². The van der Waals surface area contributed by atoms with E-state index in [0.29, 0.717) is 24.4 Å². The zero-order valence-corrected chi connectivity index (χ0v) is 18.5. The minimum absolute atomic E-state index is 0.0715. The molecule has 0 radical (unpaired) electrons. The van der Waals surface area contributed by atoms with Gasteiger partial charge in [0.1, 0.15) is 18.2 Å². The van der Waals surface area contributed by atoms with E-state index in [1.807, 2.05) is 17.0 Å². The third-order valence-corrected chi connectivity index (χ3v) is 5.62. The molecule has 1 atom stereocenters. The minimum atomic E-state index is -0.308. The largest absolute Gasteiger partial charge is 0.489 e. The van der Waals surface area contributed by atoms with E-state index in [1.165, 1.54) is 19.1 Å². The van der Waals surface area contributed by atoms with Crippen LogP contribution in [0.1, 0.15) is 53.0 Å². The standard InChI is InChI=1S/C26H26FN3O3/c1-18(31)28-15-20-10-11-24(29-16-20)25-9-4-12-30(25)26(32)21-6-3-8-23(14-21)33-17-19-5-2-7-22(27)13-19/h2-3,5-8,10-11,13-14,16,25H,4,9,12,15,17H2,1H3,(H,28,31). The number of likely N-dealkylation sites (tertiary alicyclic amines) is 1. The quantitative estimate of drug-likeness (QED) is 0.582. The molecule has 3 aromatic rings. The Morgan fingerprint density at radius 3 is 2.73 bits per heavy atom. The number of benzene rings is 2. The Kier molecular flexibility index (Phi) is 6.98. The maximum absolute atomic E-state index is 13.4. The molecule has 1 saturated heterocycles. The van der Waals surface area contributed by atoms with E-state index < -0.39 is 0 Å². The molecule has 0 spiro atoms. The highest BCUT2D eigenvalue weighted by molar-refractivity contribution is 5.95. The summed E-state index contributed by atoms with van der Waals surface area (Å²) in [5.74, 6) is 0.0878. The molecule has 4 rings (SSSR count). The van der Waals surface area contributed by atoms with Gasteiger partial charge in [0, 0.05) is 31.8 Å². The van der Waals surface area contributed by atoms with Crippen LogP contribution in [0.3, 0.4) is 0 Å². The first kappa shape index (κ1) is 22.5. The Labute approximate surface area is 192 Å². The number of amides is 2. The Morgan fingerprint density at radius 1 is 1.12 bits per heavy atom. The zero-order valence-electron chi connectivity index (χ0n) is 18.5. The van der Waals surface area contributed by atoms with E-state index in [-0.39, 0.29) is 30.3 Å². The van der Waals surface area contributed by atoms with Crippen LogP contribution in [0.15, 0.2) is 66.9 Å². The molecule has 2 aromatic carbocycles. The van der Waals surface area contributed by atoms with Crippen LogP contribution in [0, 0.1) is 5.82 Å². The number of nitrogens with zero attached hydrogens (tertiary/aromatic N) is 2. The molecule has 0 saturated carbocycles. The third-order valence-electron chi connectivity index (χ3n) is 5.62. The number of carbonyl (C=O) groups excluding carboxylic acids is 2. The van der Waals surface area contributed by atoms with Crippen LogP contribution in [0.25, 0.3) is 0 Å². The molecule has 1 unspecified atom stereocenters. The van der Waals surface area contributed by atoms with Crippen molar-refractivity contribution < 1.29 is 18.7 Å². The number of pyridine rings is 1. The van der Waals surface area contributed by atoms with Gasteiger partial charge in [-0.15, -0.1) is 0 Å². The van der Waals surface area contributed by atoms with E-state index in [2.05, 4.69) is 10.3 Å². The lowest BCUT2D eigenvalue weighted by Crippen LogP contribution is -2.31. The van der Waals surface area contributed by atoms with E-state index in [1.54, 1.807) is 42.6 Å². The summed E-state index contributed by atoms with van der Waals surface area (Å²) < 4.78 is 19.2. The topological polar surface area (TPSA) is 71.5 Å². The third kappa shape index (κ3) is 5.74. The van der Waals surface area contributed by atoms with Gasteiger partial charge in [0.25, 0.3) is 5.91 Å². The van der Waals surface area contributed by atoms with Crippen molar-refractivity contribution in [3.05, 3.63) is 95.1 Å². The second-order valence-corrected chi connectivity index (χ2v) is 8.10. The van der Waals surface area contributed by atoms with Gasteiger partial charge in [-0.2, -0.15) is 0 Å². The van der Waals surface area contributed by atoms with Crippen LogP contribution in [0.2, 0.25) is 0 Å². The van der Waals surface area contributed by atoms with Gasteiger partial charge in [-0.1, -0.05) is 24.3 Å². The van der Waals surface area contributed by atoms with Gasteiger partial charge >= 0.3 is 0 Å². The van der Waals surface area contributed by atoms with E-state index in [4.69, 9.17) is 4.74 Å². The Morgan fingerprint density at radius 2 is 1.97 bits per heavy atom. The summed E-state index contributed by atoms with van der Waals surface area (Å²) in [5.41, 5.74) is 3.01. The van der Waals surface area contributed by atoms with Crippen molar-refractivity contribution in [3.63, 3.8) is 0 Å². The average Bonchev–Trinajstić information content (AvgIpc) is 3.31. The van der Waals surface area contributed by atoms with Crippen molar-refractivity contribution in [3.8, 4) is 5.75 Å². The monoisotopic (exact) mass is 447 g/mol. The molecule has 1 aromatic heterocycles. The smallest absolute Gasteiger partial charge is 0.254 e. The van der Waals surface area contributed by atoms with Gasteiger partial charge in [-0.3, -0.25) is 14.6 Å².